The largest absolute Gasteiger partial charge is 0.453 e. The summed E-state index contributed by atoms with van der Waals surface area (Å²) in [6.07, 6.45) is 1.06. The van der Waals surface area contributed by atoms with Crippen LogP contribution in [0.15, 0.2) is 67.0 Å². The normalized spacial score (nSPS) is 13.0. The van der Waals surface area contributed by atoms with Crippen molar-refractivity contribution in [2.75, 3.05) is 7.11 Å². The molecule has 0 unspecified atom stereocenters. The van der Waals surface area contributed by atoms with Gasteiger partial charge in [0.25, 0.3) is 0 Å². The Balaban J connectivity index is 1.32. The summed E-state index contributed by atoms with van der Waals surface area (Å²) in [5.41, 5.74) is 8.04. The highest BCUT2D eigenvalue weighted by molar-refractivity contribution is 5.87. The third-order valence-electron chi connectivity index (χ3n) is 6.65. The summed E-state index contributed by atoms with van der Waals surface area (Å²) in [6.45, 7) is 5.57. The molecular formula is C29H30N6O3. The van der Waals surface area contributed by atoms with Crippen molar-refractivity contribution in [3.8, 4) is 22.3 Å². The molecule has 2 atom stereocenters. The quantitative estimate of drug-likeness (QED) is 0.236. The number of alkyl carbamates (subject to hydrolysis) is 1. The molecule has 2 aromatic heterocycles. The van der Waals surface area contributed by atoms with Gasteiger partial charge in [0.05, 0.1) is 41.5 Å². The molecule has 9 nitrogen and oxygen atoms in total. The van der Waals surface area contributed by atoms with Crippen molar-refractivity contribution in [1.29, 1.82) is 0 Å². The third kappa shape index (κ3) is 5.08. The molecule has 3 aromatic carbocycles. The van der Waals surface area contributed by atoms with Gasteiger partial charge in [-0.1, -0.05) is 50.2 Å². The molecule has 0 saturated heterocycles. The Morgan fingerprint density at radius 2 is 1.42 bits per heavy atom. The first-order valence-corrected chi connectivity index (χ1v) is 12.5. The number of ether oxygens (including phenoxy) is 1. The average molecular weight is 511 g/mol. The minimum Gasteiger partial charge on any atom is -0.453 e. The van der Waals surface area contributed by atoms with Crippen LogP contribution in [-0.2, 0) is 9.53 Å². The average Bonchev–Trinajstić information content (AvgIpc) is 3.57. The molecule has 0 bridgehead atoms. The molecule has 194 valence electrons. The van der Waals surface area contributed by atoms with Gasteiger partial charge in [0.2, 0.25) is 5.91 Å². The number of nitrogens with one attached hydrogen (secondary N) is 4. The SMILES string of the molecule is COC(=O)N[C@H](C(=O)N[C@@H](C)c1nc2ccc(-c3ccc(-c4ccc5nc[nH]c5c4)cc3)cc2[nH]1)C(C)C. The Hall–Kier alpha value is -4.66. The monoisotopic (exact) mass is 510 g/mol. The molecule has 0 spiro atoms. The molecule has 2 amide bonds. The summed E-state index contributed by atoms with van der Waals surface area (Å²) in [4.78, 5) is 39.9. The lowest BCUT2D eigenvalue weighted by molar-refractivity contribution is -0.124. The van der Waals surface area contributed by atoms with Crippen LogP contribution >= 0.6 is 0 Å². The number of imidazole rings is 2. The van der Waals surface area contributed by atoms with Crippen molar-refractivity contribution in [3.63, 3.8) is 0 Å². The highest BCUT2D eigenvalue weighted by Gasteiger charge is 2.26. The van der Waals surface area contributed by atoms with Gasteiger partial charge < -0.3 is 25.3 Å². The fourth-order valence-electron chi connectivity index (χ4n) is 4.48. The molecule has 9 heteroatoms. The van der Waals surface area contributed by atoms with Crippen LogP contribution in [0.5, 0.6) is 0 Å². The number of carbonyl (C=O) groups excluding carboxylic acids is 2. The van der Waals surface area contributed by atoms with Gasteiger partial charge in [0.15, 0.2) is 0 Å². The van der Waals surface area contributed by atoms with Crippen LogP contribution in [-0.4, -0.2) is 45.1 Å². The van der Waals surface area contributed by atoms with Crippen molar-refractivity contribution in [2.45, 2.75) is 32.9 Å². The van der Waals surface area contributed by atoms with Gasteiger partial charge in [-0.2, -0.15) is 0 Å². The van der Waals surface area contributed by atoms with Gasteiger partial charge in [-0.15, -0.1) is 0 Å². The lowest BCUT2D eigenvalue weighted by Crippen LogP contribution is -2.50. The summed E-state index contributed by atoms with van der Waals surface area (Å²) in [5, 5.41) is 5.52. The van der Waals surface area contributed by atoms with E-state index in [-0.39, 0.29) is 17.9 Å². The first-order chi connectivity index (χ1) is 18.3. The van der Waals surface area contributed by atoms with E-state index in [0.29, 0.717) is 5.82 Å². The maximum absolute atomic E-state index is 12.8. The van der Waals surface area contributed by atoms with Crippen molar-refractivity contribution in [2.24, 2.45) is 5.92 Å². The van der Waals surface area contributed by atoms with Gasteiger partial charge in [0, 0.05) is 0 Å². The second kappa shape index (κ2) is 10.4. The zero-order valence-corrected chi connectivity index (χ0v) is 21.7. The van der Waals surface area contributed by atoms with E-state index in [9.17, 15) is 9.59 Å². The summed E-state index contributed by atoms with van der Waals surface area (Å²) in [5.74, 6) is 0.223. The van der Waals surface area contributed by atoms with Gasteiger partial charge in [-0.3, -0.25) is 4.79 Å². The highest BCUT2D eigenvalue weighted by atomic mass is 16.5. The van der Waals surface area contributed by atoms with E-state index in [4.69, 9.17) is 0 Å². The lowest BCUT2D eigenvalue weighted by Gasteiger charge is -2.22. The number of methoxy groups -OCH3 is 1. The van der Waals surface area contributed by atoms with Crippen LogP contribution < -0.4 is 10.6 Å². The van der Waals surface area contributed by atoms with Crippen LogP contribution in [0.4, 0.5) is 4.79 Å². The van der Waals surface area contributed by atoms with E-state index in [1.54, 1.807) is 6.33 Å². The molecule has 5 aromatic rings. The van der Waals surface area contributed by atoms with Gasteiger partial charge in [-0.05, 0) is 59.4 Å². The molecule has 5 rings (SSSR count). The predicted octanol–water partition coefficient (Wildman–Crippen LogP) is 5.33. The Kier molecular flexibility index (Phi) is 6.83. The molecule has 0 aliphatic carbocycles. The standard InChI is InChI=1S/C29H30N6O3/c1-16(2)26(35-29(37)38-4)28(36)32-17(3)27-33-23-12-10-21(14-25(23)34-27)19-7-5-18(6-8-19)20-9-11-22-24(13-20)31-15-30-22/h5-17,26H,1-4H3,(H,30,31)(H,32,36)(H,33,34)(H,35,37)/t17-,26-/m0/s1. The summed E-state index contributed by atoms with van der Waals surface area (Å²) in [7, 11) is 1.27. The lowest BCUT2D eigenvalue weighted by atomic mass is 10.00. The number of hydrogen-bond donors (Lipinski definition) is 4. The predicted molar refractivity (Wildman–Crippen MR) is 147 cm³/mol. The van der Waals surface area contributed by atoms with E-state index in [1.807, 2.05) is 39.0 Å². The van der Waals surface area contributed by atoms with Crippen LogP contribution in [0, 0.1) is 5.92 Å². The number of nitrogens with zero attached hydrogens (tertiary/aromatic N) is 2. The summed E-state index contributed by atoms with van der Waals surface area (Å²) in [6, 6.07) is 19.6. The summed E-state index contributed by atoms with van der Waals surface area (Å²) >= 11 is 0. The fraction of sp³-hybridized carbons (Fsp3) is 0.241. The van der Waals surface area contributed by atoms with Crippen LogP contribution in [0.25, 0.3) is 44.3 Å². The fourth-order valence-corrected chi connectivity index (χ4v) is 4.48. The first-order valence-electron chi connectivity index (χ1n) is 12.5. The van der Waals surface area contributed by atoms with Crippen LogP contribution in [0.1, 0.15) is 32.6 Å². The summed E-state index contributed by atoms with van der Waals surface area (Å²) < 4.78 is 4.65. The maximum atomic E-state index is 12.8. The van der Waals surface area contributed by atoms with E-state index in [1.165, 1.54) is 7.11 Å². The zero-order valence-electron chi connectivity index (χ0n) is 21.7. The smallest absolute Gasteiger partial charge is 0.407 e. The van der Waals surface area contributed by atoms with Crippen LogP contribution in [0.3, 0.4) is 0 Å². The Morgan fingerprint density at radius 1 is 0.816 bits per heavy atom. The number of H-pyrrole nitrogens is 2. The second-order valence-electron chi connectivity index (χ2n) is 9.65. The number of benzene rings is 3. The molecule has 0 aliphatic heterocycles. The Labute approximate surface area is 220 Å². The van der Waals surface area contributed by atoms with E-state index in [2.05, 4.69) is 77.8 Å². The molecular weight excluding hydrogens is 480 g/mol. The van der Waals surface area contributed by atoms with Gasteiger partial charge in [-0.25, -0.2) is 14.8 Å². The second-order valence-corrected chi connectivity index (χ2v) is 9.65. The number of fused-ring (bicyclic) bond motifs is 2. The maximum Gasteiger partial charge on any atom is 0.407 e. The number of aromatic nitrogens is 4. The van der Waals surface area contributed by atoms with E-state index in [0.717, 1.165) is 44.3 Å². The zero-order chi connectivity index (χ0) is 26.8. The number of aromatic amines is 2. The highest BCUT2D eigenvalue weighted by Crippen LogP contribution is 2.28. The van der Waals surface area contributed by atoms with Crippen molar-refractivity contribution in [3.05, 3.63) is 72.8 Å². The van der Waals surface area contributed by atoms with E-state index < -0.39 is 12.1 Å². The van der Waals surface area contributed by atoms with Crippen molar-refractivity contribution in [1.82, 2.24) is 30.6 Å². The molecule has 0 radical (unpaired) electrons. The number of amides is 2. The minimum atomic E-state index is -0.717. The van der Waals surface area contributed by atoms with Crippen LogP contribution in [0.2, 0.25) is 0 Å². The molecule has 0 aliphatic rings. The number of rotatable bonds is 7. The van der Waals surface area contributed by atoms with Gasteiger partial charge in [0.1, 0.15) is 11.9 Å². The topological polar surface area (TPSA) is 125 Å². The van der Waals surface area contributed by atoms with Gasteiger partial charge >= 0.3 is 6.09 Å². The number of hydrogen-bond acceptors (Lipinski definition) is 5. The first kappa shape index (κ1) is 25.0. The third-order valence-corrected chi connectivity index (χ3v) is 6.65. The Bertz CT molecular complexity index is 1600. The molecule has 2 heterocycles. The molecule has 38 heavy (non-hydrogen) atoms. The van der Waals surface area contributed by atoms with E-state index >= 15 is 0 Å². The number of carbonyl (C=O) groups is 2. The molecule has 0 fully saturated rings. The molecule has 4 N–H and O–H groups in total. The minimum absolute atomic E-state index is 0.112. The van der Waals surface area contributed by atoms with Crippen molar-refractivity contribution < 1.29 is 14.3 Å². The molecule has 0 saturated carbocycles. The Morgan fingerprint density at radius 3 is 2.05 bits per heavy atom. The van der Waals surface area contributed by atoms with Crippen molar-refractivity contribution >= 4 is 34.1 Å².